The van der Waals surface area contributed by atoms with Gasteiger partial charge in [0, 0.05) is 11.2 Å². The third kappa shape index (κ3) is 3.24. The van der Waals surface area contributed by atoms with Gasteiger partial charge in [0.05, 0.1) is 11.2 Å². The highest BCUT2D eigenvalue weighted by molar-refractivity contribution is 9.10. The van der Waals surface area contributed by atoms with Crippen LogP contribution in [0.15, 0.2) is 40.1 Å². The van der Waals surface area contributed by atoms with Crippen molar-refractivity contribution in [1.29, 1.82) is 0 Å². The lowest BCUT2D eigenvalue weighted by molar-refractivity contribution is 0.0985. The molecule has 0 saturated carbocycles. The number of sulfonamides is 1. The third-order valence-electron chi connectivity index (χ3n) is 2.80. The number of hydrogen-bond acceptors (Lipinski definition) is 5. The summed E-state index contributed by atoms with van der Waals surface area (Å²) in [5.41, 5.74) is 0. The zero-order chi connectivity index (χ0) is 16.8. The fourth-order valence-electron chi connectivity index (χ4n) is 1.77. The van der Waals surface area contributed by atoms with Crippen molar-refractivity contribution in [3.05, 3.63) is 50.1 Å². The number of carbonyl (C=O) groups is 1. The number of hydrogen-bond donors (Lipinski definition) is 1. The van der Waals surface area contributed by atoms with Crippen LogP contribution in [-0.2, 0) is 10.0 Å². The number of aromatic nitrogens is 2. The van der Waals surface area contributed by atoms with Gasteiger partial charge >= 0.3 is 0 Å². The summed E-state index contributed by atoms with van der Waals surface area (Å²) in [6.07, 6.45) is 3.07. The molecule has 1 amide bonds. The number of carbonyl (C=O) groups excluding carboxylic acids is 1. The number of nitrogens with one attached hydrogen (secondary N) is 1. The Labute approximate surface area is 153 Å². The van der Waals surface area contributed by atoms with Gasteiger partial charge in [-0.1, -0.05) is 34.5 Å². The van der Waals surface area contributed by atoms with Crippen molar-refractivity contribution >= 4 is 71.4 Å². The topological polar surface area (TPSA) is 80.5 Å². The molecule has 0 bridgehead atoms. The smallest absolute Gasteiger partial charge is 0.276 e. The first kappa shape index (κ1) is 16.7. The predicted octanol–water partition coefficient (Wildman–Crippen LogP) is 3.58. The molecule has 3 rings (SSSR count). The van der Waals surface area contributed by atoms with Crippen molar-refractivity contribution in [1.82, 2.24) is 14.1 Å². The minimum absolute atomic E-state index is 0.0292. The van der Waals surface area contributed by atoms with Crippen molar-refractivity contribution in [2.75, 3.05) is 0 Å². The van der Waals surface area contributed by atoms with E-state index in [1.54, 1.807) is 10.6 Å². The number of amides is 1. The molecule has 23 heavy (non-hydrogen) atoms. The average Bonchev–Trinajstić information content (AvgIpc) is 3.04. The standard InChI is InChI=1S/C12H6BrCl2N3O3S2/c13-10-4-16-12-18(10)5-8(22-12)11(19)17-23(20,21)9-3-6(14)1-2-7(9)15/h1-5H,(H,17,19). The van der Waals surface area contributed by atoms with Crippen LogP contribution in [0, 0.1) is 0 Å². The van der Waals surface area contributed by atoms with Crippen molar-refractivity contribution in [2.24, 2.45) is 0 Å². The maximum Gasteiger partial charge on any atom is 0.276 e. The van der Waals surface area contributed by atoms with Crippen molar-refractivity contribution in [3.8, 4) is 0 Å². The fourth-order valence-corrected chi connectivity index (χ4v) is 4.91. The Morgan fingerprint density at radius 1 is 1.35 bits per heavy atom. The first-order valence-corrected chi connectivity index (χ1v) is 9.77. The van der Waals surface area contributed by atoms with Gasteiger partial charge in [-0.2, -0.15) is 0 Å². The van der Waals surface area contributed by atoms with E-state index >= 15 is 0 Å². The highest BCUT2D eigenvalue weighted by Gasteiger charge is 2.23. The first-order valence-electron chi connectivity index (χ1n) is 5.92. The normalized spacial score (nSPS) is 11.8. The zero-order valence-corrected chi connectivity index (χ0v) is 15.7. The molecule has 6 nitrogen and oxygen atoms in total. The van der Waals surface area contributed by atoms with Crippen LogP contribution in [0.2, 0.25) is 10.0 Å². The SMILES string of the molecule is O=C(NS(=O)(=O)c1cc(Cl)ccc1Cl)c1cn2c(Br)cnc2s1. The van der Waals surface area contributed by atoms with Gasteiger partial charge in [-0.15, -0.1) is 0 Å². The van der Waals surface area contributed by atoms with Crippen LogP contribution in [0.25, 0.3) is 4.96 Å². The zero-order valence-electron chi connectivity index (χ0n) is 11.0. The monoisotopic (exact) mass is 453 g/mol. The Morgan fingerprint density at radius 3 is 2.78 bits per heavy atom. The Bertz CT molecular complexity index is 1030. The molecule has 11 heteroatoms. The predicted molar refractivity (Wildman–Crippen MR) is 91.9 cm³/mol. The van der Waals surface area contributed by atoms with Crippen LogP contribution in [-0.4, -0.2) is 23.7 Å². The van der Waals surface area contributed by atoms with Crippen molar-refractivity contribution in [3.63, 3.8) is 0 Å². The molecule has 0 spiro atoms. The van der Waals surface area contributed by atoms with E-state index in [1.165, 1.54) is 24.4 Å². The number of thiazole rings is 1. The van der Waals surface area contributed by atoms with Crippen LogP contribution in [0.4, 0.5) is 0 Å². The number of nitrogens with zero attached hydrogens (tertiary/aromatic N) is 2. The quantitative estimate of drug-likeness (QED) is 0.655. The van der Waals surface area contributed by atoms with Gasteiger partial charge in [0.15, 0.2) is 4.96 Å². The number of fused-ring (bicyclic) bond motifs is 1. The summed E-state index contributed by atoms with van der Waals surface area (Å²) < 4.78 is 28.9. The number of halogens is 3. The van der Waals surface area contributed by atoms with Crippen LogP contribution < -0.4 is 4.72 Å². The van der Waals surface area contributed by atoms with Gasteiger partial charge in [-0.3, -0.25) is 9.20 Å². The van der Waals surface area contributed by atoms with Gasteiger partial charge < -0.3 is 0 Å². The van der Waals surface area contributed by atoms with Gasteiger partial charge in [0.1, 0.15) is 14.4 Å². The molecule has 1 aromatic carbocycles. The van der Waals surface area contributed by atoms with E-state index in [0.29, 0.717) is 9.56 Å². The lowest BCUT2D eigenvalue weighted by Gasteiger charge is -2.07. The largest absolute Gasteiger partial charge is 0.284 e. The van der Waals surface area contributed by atoms with Crippen LogP contribution in [0.1, 0.15) is 9.67 Å². The van der Waals surface area contributed by atoms with Crippen molar-refractivity contribution < 1.29 is 13.2 Å². The van der Waals surface area contributed by atoms with Gasteiger partial charge in [0.25, 0.3) is 15.9 Å². The number of benzene rings is 1. The van der Waals surface area contributed by atoms with E-state index in [4.69, 9.17) is 23.2 Å². The molecule has 0 aliphatic rings. The summed E-state index contributed by atoms with van der Waals surface area (Å²) in [4.78, 5) is 16.7. The van der Waals surface area contributed by atoms with Crippen LogP contribution >= 0.6 is 50.5 Å². The molecule has 2 aromatic heterocycles. The molecule has 1 N–H and O–H groups in total. The molecule has 0 fully saturated rings. The highest BCUT2D eigenvalue weighted by Crippen LogP contribution is 2.26. The van der Waals surface area contributed by atoms with Crippen molar-refractivity contribution in [2.45, 2.75) is 4.90 Å². The molecule has 0 saturated heterocycles. The molecule has 2 heterocycles. The molecule has 3 aromatic rings. The fraction of sp³-hybridized carbons (Fsp3) is 0. The molecule has 0 unspecified atom stereocenters. The second kappa shape index (κ2) is 6.06. The molecule has 0 aliphatic carbocycles. The lowest BCUT2D eigenvalue weighted by Crippen LogP contribution is -2.30. The van der Waals surface area contributed by atoms with E-state index < -0.39 is 15.9 Å². The van der Waals surface area contributed by atoms with E-state index in [9.17, 15) is 13.2 Å². The third-order valence-corrected chi connectivity index (χ3v) is 6.43. The summed E-state index contributed by atoms with van der Waals surface area (Å²) in [6, 6.07) is 3.98. The van der Waals surface area contributed by atoms with E-state index in [1.807, 2.05) is 4.72 Å². The maximum atomic E-state index is 12.3. The van der Waals surface area contributed by atoms with Gasteiger partial charge in [-0.25, -0.2) is 18.1 Å². The van der Waals surface area contributed by atoms with E-state index in [2.05, 4.69) is 20.9 Å². The van der Waals surface area contributed by atoms with E-state index in [0.717, 1.165) is 11.3 Å². The Kier molecular flexibility index (Phi) is 4.41. The highest BCUT2D eigenvalue weighted by atomic mass is 79.9. The minimum Gasteiger partial charge on any atom is -0.284 e. The second-order valence-corrected chi connectivity index (χ2v) is 8.65. The van der Waals surface area contributed by atoms with Crippen LogP contribution in [0.3, 0.4) is 0 Å². The van der Waals surface area contributed by atoms with E-state index in [-0.39, 0.29) is 19.8 Å². The summed E-state index contributed by atoms with van der Waals surface area (Å²) >= 11 is 16.0. The molecule has 0 radical (unpaired) electrons. The summed E-state index contributed by atoms with van der Waals surface area (Å²) in [5, 5.41) is 0.166. The molecule has 120 valence electrons. The summed E-state index contributed by atoms with van der Waals surface area (Å²) in [7, 11) is -4.14. The number of rotatable bonds is 3. The molecular weight excluding hydrogens is 449 g/mol. The van der Waals surface area contributed by atoms with Gasteiger partial charge in [0.2, 0.25) is 0 Å². The Morgan fingerprint density at radius 2 is 2.09 bits per heavy atom. The Hall–Kier alpha value is -1.13. The Balaban J connectivity index is 1.93. The number of imidazole rings is 1. The first-order chi connectivity index (χ1) is 10.8. The van der Waals surface area contributed by atoms with Crippen LogP contribution in [0.5, 0.6) is 0 Å². The van der Waals surface area contributed by atoms with Gasteiger partial charge in [-0.05, 0) is 34.1 Å². The maximum absolute atomic E-state index is 12.3. The molecule has 0 aliphatic heterocycles. The second-order valence-electron chi connectivity index (χ2n) is 4.34. The summed E-state index contributed by atoms with van der Waals surface area (Å²) in [5.74, 6) is -0.775. The summed E-state index contributed by atoms with van der Waals surface area (Å²) in [6.45, 7) is 0. The molecular formula is C12H6BrCl2N3O3S2. The lowest BCUT2D eigenvalue weighted by atomic mass is 10.4. The minimum atomic E-state index is -4.14. The molecule has 0 atom stereocenters. The average molecular weight is 455 g/mol.